The Morgan fingerprint density at radius 1 is 1.10 bits per heavy atom. The first-order valence-electron chi connectivity index (χ1n) is 9.18. The molecule has 0 unspecified atom stereocenters. The molecule has 162 valence electrons. The minimum Gasteiger partial charge on any atom is -0.435 e. The number of rotatable bonds is 7. The van der Waals surface area contributed by atoms with Crippen molar-refractivity contribution >= 4 is 33.2 Å². The van der Waals surface area contributed by atoms with Gasteiger partial charge in [0.25, 0.3) is 5.91 Å². The van der Waals surface area contributed by atoms with E-state index in [-0.39, 0.29) is 23.1 Å². The van der Waals surface area contributed by atoms with Crippen LogP contribution in [0.25, 0.3) is 0 Å². The number of halogens is 3. The van der Waals surface area contributed by atoms with Gasteiger partial charge in [0, 0.05) is 10.7 Å². The van der Waals surface area contributed by atoms with Gasteiger partial charge >= 0.3 is 6.61 Å². The van der Waals surface area contributed by atoms with Gasteiger partial charge in [-0.2, -0.15) is 13.1 Å². The van der Waals surface area contributed by atoms with Crippen molar-refractivity contribution in [2.24, 2.45) is 0 Å². The van der Waals surface area contributed by atoms with Crippen LogP contribution in [-0.2, 0) is 14.8 Å². The molecule has 1 amide bonds. The van der Waals surface area contributed by atoms with Crippen molar-refractivity contribution in [3.63, 3.8) is 0 Å². The molecular formula is C19H21ClF2N3O4S+. The number of anilines is 1. The van der Waals surface area contributed by atoms with Crippen molar-refractivity contribution in [1.82, 2.24) is 4.31 Å². The van der Waals surface area contributed by atoms with Crippen molar-refractivity contribution in [2.45, 2.75) is 11.5 Å². The van der Waals surface area contributed by atoms with Crippen LogP contribution in [0.5, 0.6) is 5.75 Å². The highest BCUT2D eigenvalue weighted by molar-refractivity contribution is 7.89. The van der Waals surface area contributed by atoms with Gasteiger partial charge in [-0.05, 0) is 48.5 Å². The zero-order chi connectivity index (χ0) is 21.7. The van der Waals surface area contributed by atoms with Gasteiger partial charge in [0.2, 0.25) is 10.0 Å². The Hall–Kier alpha value is -2.27. The third-order valence-corrected chi connectivity index (χ3v) is 6.82. The van der Waals surface area contributed by atoms with Gasteiger partial charge in [0.05, 0.1) is 31.1 Å². The summed E-state index contributed by atoms with van der Waals surface area (Å²) in [6.07, 6.45) is 0. The van der Waals surface area contributed by atoms with E-state index in [1.54, 1.807) is 0 Å². The second kappa shape index (κ2) is 9.69. The van der Waals surface area contributed by atoms with Crippen LogP contribution in [0, 0.1) is 0 Å². The Morgan fingerprint density at radius 2 is 1.70 bits per heavy atom. The molecule has 2 aromatic carbocycles. The molecule has 0 spiro atoms. The van der Waals surface area contributed by atoms with Gasteiger partial charge in [-0.15, -0.1) is 0 Å². The van der Waals surface area contributed by atoms with E-state index in [1.165, 1.54) is 52.8 Å². The fourth-order valence-electron chi connectivity index (χ4n) is 3.13. The SMILES string of the molecule is O=C(C[NH+]1CCN(S(=O)(=O)c2ccc(Cl)cc2)CC1)Nc1ccc(OC(F)F)cc1. The molecule has 1 aliphatic rings. The van der Waals surface area contributed by atoms with Gasteiger partial charge in [-0.3, -0.25) is 4.79 Å². The van der Waals surface area contributed by atoms with E-state index in [9.17, 15) is 22.0 Å². The van der Waals surface area contributed by atoms with Crippen molar-refractivity contribution in [3.8, 4) is 5.75 Å². The van der Waals surface area contributed by atoms with E-state index in [1.807, 2.05) is 0 Å². The molecule has 0 bridgehead atoms. The standard InChI is InChI=1S/C19H20ClF2N3O4S/c20-14-1-7-17(8-2-14)30(27,28)25-11-9-24(10-12-25)13-18(26)23-15-3-5-16(6-4-15)29-19(21)22/h1-8,19H,9-13H2,(H,23,26)/p+1. The average molecular weight is 461 g/mol. The second-order valence-electron chi connectivity index (χ2n) is 6.74. The highest BCUT2D eigenvalue weighted by atomic mass is 35.5. The number of nitrogens with zero attached hydrogens (tertiary/aromatic N) is 1. The molecule has 11 heteroatoms. The first kappa shape index (κ1) is 22.4. The van der Waals surface area contributed by atoms with Crippen molar-refractivity contribution in [3.05, 3.63) is 53.6 Å². The molecule has 30 heavy (non-hydrogen) atoms. The normalized spacial score (nSPS) is 15.9. The van der Waals surface area contributed by atoms with Gasteiger partial charge in [0.1, 0.15) is 5.75 Å². The summed E-state index contributed by atoms with van der Waals surface area (Å²) in [5.41, 5.74) is 0.463. The smallest absolute Gasteiger partial charge is 0.387 e. The fourth-order valence-corrected chi connectivity index (χ4v) is 4.69. The average Bonchev–Trinajstić information content (AvgIpc) is 2.70. The minimum atomic E-state index is -3.60. The number of carbonyl (C=O) groups excluding carboxylic acids is 1. The maximum Gasteiger partial charge on any atom is 0.387 e. The fraction of sp³-hybridized carbons (Fsp3) is 0.316. The largest absolute Gasteiger partial charge is 0.435 e. The molecule has 0 radical (unpaired) electrons. The first-order chi connectivity index (χ1) is 14.2. The van der Waals surface area contributed by atoms with Crippen LogP contribution in [-0.4, -0.2) is 58.0 Å². The summed E-state index contributed by atoms with van der Waals surface area (Å²) >= 11 is 5.81. The van der Waals surface area contributed by atoms with Crippen LogP contribution >= 0.6 is 11.6 Å². The molecule has 0 atom stereocenters. The van der Waals surface area contributed by atoms with Gasteiger partial charge in [-0.1, -0.05) is 11.6 Å². The zero-order valence-electron chi connectivity index (χ0n) is 15.9. The summed E-state index contributed by atoms with van der Waals surface area (Å²) in [4.78, 5) is 13.4. The highest BCUT2D eigenvalue weighted by Gasteiger charge is 2.31. The number of quaternary nitrogens is 1. The summed E-state index contributed by atoms with van der Waals surface area (Å²) in [5, 5.41) is 3.16. The van der Waals surface area contributed by atoms with E-state index in [2.05, 4.69) is 10.1 Å². The molecule has 0 saturated carbocycles. The van der Waals surface area contributed by atoms with Crippen LogP contribution in [0.15, 0.2) is 53.4 Å². The number of hydrogen-bond donors (Lipinski definition) is 2. The zero-order valence-corrected chi connectivity index (χ0v) is 17.4. The molecule has 3 rings (SSSR count). The number of hydrogen-bond acceptors (Lipinski definition) is 4. The molecular weight excluding hydrogens is 440 g/mol. The van der Waals surface area contributed by atoms with Gasteiger partial charge in [-0.25, -0.2) is 8.42 Å². The van der Waals surface area contributed by atoms with Crippen LogP contribution in [0.4, 0.5) is 14.5 Å². The van der Waals surface area contributed by atoms with E-state index in [4.69, 9.17) is 11.6 Å². The van der Waals surface area contributed by atoms with Gasteiger partial charge < -0.3 is 15.0 Å². The number of carbonyl (C=O) groups is 1. The quantitative estimate of drug-likeness (QED) is 0.656. The third kappa shape index (κ3) is 5.88. The molecule has 1 saturated heterocycles. The predicted molar refractivity (Wildman–Crippen MR) is 107 cm³/mol. The van der Waals surface area contributed by atoms with Crippen LogP contribution in [0.2, 0.25) is 5.02 Å². The number of alkyl halides is 2. The Morgan fingerprint density at radius 3 is 2.27 bits per heavy atom. The topological polar surface area (TPSA) is 80.2 Å². The van der Waals surface area contributed by atoms with E-state index in [0.717, 1.165) is 4.90 Å². The van der Waals surface area contributed by atoms with E-state index in [0.29, 0.717) is 36.9 Å². The molecule has 2 aromatic rings. The van der Waals surface area contributed by atoms with Crippen molar-refractivity contribution in [1.29, 1.82) is 0 Å². The highest BCUT2D eigenvalue weighted by Crippen LogP contribution is 2.19. The summed E-state index contributed by atoms with van der Waals surface area (Å²) in [6, 6.07) is 11.6. The Labute approximate surface area is 178 Å². The number of piperazine rings is 1. The summed E-state index contributed by atoms with van der Waals surface area (Å²) in [7, 11) is -3.60. The Balaban J connectivity index is 1.49. The minimum absolute atomic E-state index is 0.00615. The molecule has 1 aliphatic heterocycles. The van der Waals surface area contributed by atoms with Crippen molar-refractivity contribution < 1.29 is 31.6 Å². The third-order valence-electron chi connectivity index (χ3n) is 4.65. The lowest BCUT2D eigenvalue weighted by Gasteiger charge is -2.31. The van der Waals surface area contributed by atoms with Crippen molar-refractivity contribution in [2.75, 3.05) is 38.0 Å². The number of nitrogens with one attached hydrogen (secondary N) is 2. The number of benzene rings is 2. The molecule has 0 aromatic heterocycles. The first-order valence-corrected chi connectivity index (χ1v) is 11.0. The molecule has 7 nitrogen and oxygen atoms in total. The summed E-state index contributed by atoms with van der Waals surface area (Å²) < 4.78 is 55.4. The Bertz CT molecular complexity index is 964. The van der Waals surface area contributed by atoms with Crippen LogP contribution in [0.3, 0.4) is 0 Å². The number of sulfonamides is 1. The lowest BCUT2D eigenvalue weighted by molar-refractivity contribution is -0.895. The molecule has 1 heterocycles. The Kier molecular flexibility index (Phi) is 7.24. The molecule has 0 aliphatic carbocycles. The monoisotopic (exact) mass is 460 g/mol. The van der Waals surface area contributed by atoms with Crippen LogP contribution in [0.1, 0.15) is 0 Å². The lowest BCUT2D eigenvalue weighted by atomic mass is 10.3. The van der Waals surface area contributed by atoms with E-state index < -0.39 is 16.6 Å². The summed E-state index contributed by atoms with van der Waals surface area (Å²) in [6.45, 7) is -1.16. The maximum absolute atomic E-state index is 12.7. The number of amides is 1. The van der Waals surface area contributed by atoms with E-state index >= 15 is 0 Å². The maximum atomic E-state index is 12.7. The molecule has 2 N–H and O–H groups in total. The number of ether oxygens (including phenoxy) is 1. The predicted octanol–water partition coefficient (Wildman–Crippen LogP) is 1.47. The second-order valence-corrected chi connectivity index (χ2v) is 9.11. The summed E-state index contributed by atoms with van der Waals surface area (Å²) in [5.74, 6) is -0.242. The van der Waals surface area contributed by atoms with Gasteiger partial charge in [0.15, 0.2) is 6.54 Å². The lowest BCUT2D eigenvalue weighted by Crippen LogP contribution is -3.15. The molecule has 1 fully saturated rings. The van der Waals surface area contributed by atoms with Crippen LogP contribution < -0.4 is 15.0 Å².